The summed E-state index contributed by atoms with van der Waals surface area (Å²) < 4.78 is 31.0. The molecule has 1 amide bonds. The molecule has 2 aromatic carbocycles. The fourth-order valence-electron chi connectivity index (χ4n) is 3.31. The molecule has 156 valence electrons. The number of ether oxygens (including phenoxy) is 1. The summed E-state index contributed by atoms with van der Waals surface area (Å²) in [5.74, 6) is 0.0668. The van der Waals surface area contributed by atoms with Gasteiger partial charge in [0.15, 0.2) is 0 Å². The summed E-state index contributed by atoms with van der Waals surface area (Å²) in [6.45, 7) is -0.778. The second-order valence-corrected chi connectivity index (χ2v) is 7.68. The van der Waals surface area contributed by atoms with Crippen LogP contribution in [0.1, 0.15) is 45.9 Å². The van der Waals surface area contributed by atoms with Crippen LogP contribution < -0.4 is 10.1 Å². The largest absolute Gasteiger partial charge is 0.435 e. The van der Waals surface area contributed by atoms with E-state index in [-0.39, 0.29) is 24.1 Å². The standard InChI is InChI=1S/C22H20ClF2N3O2/c1-13-5-8-16(10-19(13)23)28-20(15-6-7-15)18(12-27-28)21(29)26-11-14-3-2-4-17(9-14)30-22(24)25/h2-5,8-10,12,15,22H,6-7,11H2,1H3,(H,26,29). The van der Waals surface area contributed by atoms with Crippen LogP contribution in [0, 0.1) is 6.92 Å². The molecular formula is C22H20ClF2N3O2. The first-order valence-electron chi connectivity index (χ1n) is 9.59. The summed E-state index contributed by atoms with van der Waals surface area (Å²) in [7, 11) is 0. The number of nitrogens with one attached hydrogen (secondary N) is 1. The average molecular weight is 432 g/mol. The van der Waals surface area contributed by atoms with Gasteiger partial charge in [-0.05, 0) is 55.2 Å². The number of aromatic nitrogens is 2. The number of hydrogen-bond donors (Lipinski definition) is 1. The van der Waals surface area contributed by atoms with E-state index in [1.54, 1.807) is 23.0 Å². The van der Waals surface area contributed by atoms with Gasteiger partial charge in [-0.2, -0.15) is 13.9 Å². The van der Waals surface area contributed by atoms with E-state index in [1.807, 2.05) is 25.1 Å². The summed E-state index contributed by atoms with van der Waals surface area (Å²) in [5, 5.41) is 7.92. The number of alkyl halides is 2. The molecule has 0 bridgehead atoms. The molecule has 0 radical (unpaired) electrons. The molecule has 1 N–H and O–H groups in total. The Morgan fingerprint density at radius 1 is 1.30 bits per heavy atom. The molecule has 30 heavy (non-hydrogen) atoms. The molecule has 4 rings (SSSR count). The molecule has 8 heteroatoms. The lowest BCUT2D eigenvalue weighted by molar-refractivity contribution is -0.0498. The van der Waals surface area contributed by atoms with Crippen LogP contribution in [-0.4, -0.2) is 22.3 Å². The Morgan fingerprint density at radius 2 is 2.10 bits per heavy atom. The molecule has 0 atom stereocenters. The van der Waals surface area contributed by atoms with Crippen molar-refractivity contribution in [3.8, 4) is 11.4 Å². The van der Waals surface area contributed by atoms with Crippen molar-refractivity contribution in [2.24, 2.45) is 0 Å². The maximum atomic E-state index is 12.9. The van der Waals surface area contributed by atoms with E-state index in [0.717, 1.165) is 29.8 Å². The van der Waals surface area contributed by atoms with Crippen LogP contribution in [0.5, 0.6) is 5.75 Å². The van der Waals surface area contributed by atoms with Crippen LogP contribution in [-0.2, 0) is 6.54 Å². The Balaban J connectivity index is 1.53. The minimum atomic E-state index is -2.89. The fourth-order valence-corrected chi connectivity index (χ4v) is 3.49. The van der Waals surface area contributed by atoms with Crippen LogP contribution >= 0.6 is 11.6 Å². The van der Waals surface area contributed by atoms with E-state index in [2.05, 4.69) is 15.2 Å². The zero-order valence-corrected chi connectivity index (χ0v) is 17.0. The highest BCUT2D eigenvalue weighted by molar-refractivity contribution is 6.31. The Labute approximate surface area is 177 Å². The third-order valence-electron chi connectivity index (χ3n) is 4.99. The quantitative estimate of drug-likeness (QED) is 0.556. The van der Waals surface area contributed by atoms with E-state index >= 15 is 0 Å². The number of benzene rings is 2. The monoisotopic (exact) mass is 431 g/mol. The summed E-state index contributed by atoms with van der Waals surface area (Å²) in [6.07, 6.45) is 3.56. The Bertz CT molecular complexity index is 1080. The van der Waals surface area contributed by atoms with Crippen molar-refractivity contribution in [2.45, 2.75) is 38.8 Å². The molecule has 0 spiro atoms. The zero-order chi connectivity index (χ0) is 21.3. The van der Waals surface area contributed by atoms with Crippen LogP contribution in [0.3, 0.4) is 0 Å². The lowest BCUT2D eigenvalue weighted by Gasteiger charge is -2.11. The molecule has 1 heterocycles. The van der Waals surface area contributed by atoms with Gasteiger partial charge < -0.3 is 10.1 Å². The predicted molar refractivity (Wildman–Crippen MR) is 110 cm³/mol. The van der Waals surface area contributed by atoms with E-state index in [1.165, 1.54) is 12.1 Å². The molecule has 5 nitrogen and oxygen atoms in total. The van der Waals surface area contributed by atoms with Gasteiger partial charge in [0.2, 0.25) is 0 Å². The SMILES string of the molecule is Cc1ccc(-n2ncc(C(=O)NCc3cccc(OC(F)F)c3)c2C2CC2)cc1Cl. The first kappa shape index (κ1) is 20.3. The van der Waals surface area contributed by atoms with E-state index in [9.17, 15) is 13.6 Å². The van der Waals surface area contributed by atoms with Crippen molar-refractivity contribution in [1.82, 2.24) is 15.1 Å². The summed E-state index contributed by atoms with van der Waals surface area (Å²) in [5.41, 5.74) is 3.81. The highest BCUT2D eigenvalue weighted by atomic mass is 35.5. The topological polar surface area (TPSA) is 56.2 Å². The molecule has 0 saturated heterocycles. The van der Waals surface area contributed by atoms with Crippen molar-refractivity contribution in [2.75, 3.05) is 0 Å². The third kappa shape index (κ3) is 4.46. The minimum absolute atomic E-state index is 0.0551. The van der Waals surface area contributed by atoms with Crippen molar-refractivity contribution in [1.29, 1.82) is 0 Å². The van der Waals surface area contributed by atoms with Crippen molar-refractivity contribution < 1.29 is 18.3 Å². The lowest BCUT2D eigenvalue weighted by atomic mass is 10.1. The van der Waals surface area contributed by atoms with Crippen molar-refractivity contribution >= 4 is 17.5 Å². The smallest absolute Gasteiger partial charge is 0.387 e. The van der Waals surface area contributed by atoms with Crippen molar-refractivity contribution in [3.05, 3.63) is 76.1 Å². The number of carbonyl (C=O) groups excluding carboxylic acids is 1. The Kier molecular flexibility index (Phi) is 5.72. The highest BCUT2D eigenvalue weighted by Crippen LogP contribution is 2.42. The minimum Gasteiger partial charge on any atom is -0.435 e. The summed E-state index contributed by atoms with van der Waals surface area (Å²) >= 11 is 6.26. The maximum Gasteiger partial charge on any atom is 0.387 e. The molecule has 1 saturated carbocycles. The van der Waals surface area contributed by atoms with Crippen molar-refractivity contribution in [3.63, 3.8) is 0 Å². The van der Waals surface area contributed by atoms with Gasteiger partial charge in [-0.15, -0.1) is 0 Å². The third-order valence-corrected chi connectivity index (χ3v) is 5.40. The van der Waals surface area contributed by atoms with E-state index < -0.39 is 6.61 Å². The fraction of sp³-hybridized carbons (Fsp3) is 0.273. The first-order valence-corrected chi connectivity index (χ1v) is 9.96. The van der Waals surface area contributed by atoms with Crippen LogP contribution in [0.15, 0.2) is 48.7 Å². The number of amides is 1. The molecule has 1 aliphatic rings. The number of halogens is 3. The second kappa shape index (κ2) is 8.44. The highest BCUT2D eigenvalue weighted by Gasteiger charge is 2.33. The molecule has 3 aromatic rings. The van der Waals surface area contributed by atoms with Gasteiger partial charge in [0.05, 0.1) is 23.1 Å². The predicted octanol–water partition coefficient (Wildman–Crippen LogP) is 5.24. The molecule has 1 fully saturated rings. The Morgan fingerprint density at radius 3 is 2.80 bits per heavy atom. The molecule has 1 aliphatic carbocycles. The average Bonchev–Trinajstić information content (AvgIpc) is 3.46. The first-order chi connectivity index (χ1) is 14.4. The van der Waals surface area contributed by atoms with Gasteiger partial charge in [-0.25, -0.2) is 4.68 Å². The normalized spacial score (nSPS) is 13.5. The second-order valence-electron chi connectivity index (χ2n) is 7.27. The molecule has 0 unspecified atom stereocenters. The number of aryl methyl sites for hydroxylation is 1. The van der Waals surface area contributed by atoms with E-state index in [0.29, 0.717) is 16.1 Å². The van der Waals surface area contributed by atoms with Gasteiger partial charge in [0.1, 0.15) is 5.75 Å². The summed E-state index contributed by atoms with van der Waals surface area (Å²) in [6, 6.07) is 11.9. The van der Waals surface area contributed by atoms with Crippen LogP contribution in [0.4, 0.5) is 8.78 Å². The molecule has 1 aromatic heterocycles. The van der Waals surface area contributed by atoms with Gasteiger partial charge in [0, 0.05) is 17.5 Å². The zero-order valence-electron chi connectivity index (χ0n) is 16.2. The summed E-state index contributed by atoms with van der Waals surface area (Å²) in [4.78, 5) is 12.9. The number of nitrogens with zero attached hydrogens (tertiary/aromatic N) is 2. The van der Waals surface area contributed by atoms with Gasteiger partial charge in [-0.3, -0.25) is 4.79 Å². The lowest BCUT2D eigenvalue weighted by Crippen LogP contribution is -2.23. The van der Waals surface area contributed by atoms with Crippen LogP contribution in [0.25, 0.3) is 5.69 Å². The number of rotatable bonds is 7. The number of carbonyl (C=O) groups is 1. The molecule has 0 aliphatic heterocycles. The van der Waals surface area contributed by atoms with Gasteiger partial charge in [0.25, 0.3) is 5.91 Å². The molecular weight excluding hydrogens is 412 g/mol. The maximum absolute atomic E-state index is 12.9. The van der Waals surface area contributed by atoms with E-state index in [4.69, 9.17) is 11.6 Å². The van der Waals surface area contributed by atoms with Crippen LogP contribution in [0.2, 0.25) is 5.02 Å². The number of hydrogen-bond acceptors (Lipinski definition) is 3. The Hall–Kier alpha value is -2.93. The van der Waals surface area contributed by atoms with Gasteiger partial charge >= 0.3 is 6.61 Å². The van der Waals surface area contributed by atoms with Gasteiger partial charge in [-0.1, -0.05) is 29.8 Å².